The standard InChI is InChI=1S/C16H16FN3O2/c17-11-8-12(10-4-2-1-3-5-10)20-15(11)18-14(19-20)13(22)16(9-21)6-7-16/h1-5,11-12,21H,6-9H2/t11-,12-/m0/s1. The number of carbonyl (C=O) groups is 1. The van der Waals surface area contributed by atoms with E-state index in [0.29, 0.717) is 19.3 Å². The molecule has 2 aliphatic rings. The molecule has 0 spiro atoms. The number of hydrogen-bond acceptors (Lipinski definition) is 4. The highest BCUT2D eigenvalue weighted by Crippen LogP contribution is 2.48. The zero-order valence-corrected chi connectivity index (χ0v) is 11.9. The molecule has 0 amide bonds. The van der Waals surface area contributed by atoms with Gasteiger partial charge in [-0.1, -0.05) is 30.3 Å². The molecular formula is C16H16FN3O2. The third-order valence-electron chi connectivity index (χ3n) is 4.69. The van der Waals surface area contributed by atoms with E-state index in [0.717, 1.165) is 5.56 Å². The lowest BCUT2D eigenvalue weighted by Gasteiger charge is -2.12. The highest BCUT2D eigenvalue weighted by Gasteiger charge is 2.51. The largest absolute Gasteiger partial charge is 0.395 e. The van der Waals surface area contributed by atoms with Crippen molar-refractivity contribution in [3.8, 4) is 0 Å². The van der Waals surface area contributed by atoms with E-state index in [4.69, 9.17) is 0 Å². The highest BCUT2D eigenvalue weighted by atomic mass is 19.1. The Bertz CT molecular complexity index is 724. The van der Waals surface area contributed by atoms with Gasteiger partial charge in [-0.05, 0) is 18.4 Å². The number of hydrogen-bond donors (Lipinski definition) is 1. The summed E-state index contributed by atoms with van der Waals surface area (Å²) in [6, 6.07) is 9.31. The van der Waals surface area contributed by atoms with Gasteiger partial charge in [0, 0.05) is 6.42 Å². The fraction of sp³-hybridized carbons (Fsp3) is 0.438. The SMILES string of the molecule is O=C(c1nc2n(n1)[C@H](c1ccccc1)C[C@@H]2F)C1(CO)CC1. The Morgan fingerprint density at radius 3 is 2.73 bits per heavy atom. The normalized spacial score (nSPS) is 25.0. The molecule has 0 saturated heterocycles. The Morgan fingerprint density at radius 1 is 1.36 bits per heavy atom. The van der Waals surface area contributed by atoms with Crippen molar-refractivity contribution in [2.24, 2.45) is 5.41 Å². The lowest BCUT2D eigenvalue weighted by molar-refractivity contribution is 0.0817. The minimum absolute atomic E-state index is 0.0323. The van der Waals surface area contributed by atoms with E-state index in [9.17, 15) is 14.3 Å². The number of rotatable bonds is 4. The highest BCUT2D eigenvalue weighted by molar-refractivity contribution is 5.99. The summed E-state index contributed by atoms with van der Waals surface area (Å²) in [6.45, 7) is -0.198. The molecule has 0 unspecified atom stereocenters. The third kappa shape index (κ3) is 1.90. The molecule has 4 rings (SSSR count). The van der Waals surface area contributed by atoms with Crippen LogP contribution in [-0.4, -0.2) is 32.3 Å². The Kier molecular flexibility index (Phi) is 2.91. The smallest absolute Gasteiger partial charge is 0.218 e. The number of aliphatic hydroxyl groups is 1. The molecule has 1 saturated carbocycles. The second-order valence-electron chi connectivity index (χ2n) is 6.14. The summed E-state index contributed by atoms with van der Waals surface area (Å²) in [4.78, 5) is 16.5. The van der Waals surface area contributed by atoms with Crippen molar-refractivity contribution >= 4 is 5.78 Å². The monoisotopic (exact) mass is 301 g/mol. The van der Waals surface area contributed by atoms with E-state index < -0.39 is 11.6 Å². The van der Waals surface area contributed by atoms with E-state index in [-0.39, 0.29) is 30.1 Å². The van der Waals surface area contributed by atoms with Gasteiger partial charge in [-0.3, -0.25) is 4.79 Å². The van der Waals surface area contributed by atoms with Crippen LogP contribution in [0.25, 0.3) is 0 Å². The number of Topliss-reactive ketones (excluding diaryl/α,β-unsaturated/α-hetero) is 1. The van der Waals surface area contributed by atoms with Crippen LogP contribution in [0.5, 0.6) is 0 Å². The molecule has 1 aliphatic heterocycles. The number of fused-ring (bicyclic) bond motifs is 1. The predicted molar refractivity (Wildman–Crippen MR) is 76.2 cm³/mol. The molecule has 1 N–H and O–H groups in total. The summed E-state index contributed by atoms with van der Waals surface area (Å²) in [6.07, 6.45) is 0.364. The fourth-order valence-corrected chi connectivity index (χ4v) is 3.07. The predicted octanol–water partition coefficient (Wildman–Crippen LogP) is 2.24. The number of halogens is 1. The number of nitrogens with zero attached hydrogens (tertiary/aromatic N) is 3. The second kappa shape index (κ2) is 4.71. The molecular weight excluding hydrogens is 285 g/mol. The van der Waals surface area contributed by atoms with Crippen molar-refractivity contribution < 1.29 is 14.3 Å². The first kappa shape index (κ1) is 13.6. The van der Waals surface area contributed by atoms with Crippen molar-refractivity contribution in [1.29, 1.82) is 0 Å². The zero-order chi connectivity index (χ0) is 15.3. The number of benzene rings is 1. The average molecular weight is 301 g/mol. The van der Waals surface area contributed by atoms with E-state index >= 15 is 0 Å². The minimum Gasteiger partial charge on any atom is -0.395 e. The molecule has 6 heteroatoms. The molecule has 5 nitrogen and oxygen atoms in total. The summed E-state index contributed by atoms with van der Waals surface area (Å²) in [5, 5.41) is 13.6. The Morgan fingerprint density at radius 2 is 2.09 bits per heavy atom. The molecule has 114 valence electrons. The second-order valence-corrected chi connectivity index (χ2v) is 6.14. The van der Waals surface area contributed by atoms with Gasteiger partial charge in [0.05, 0.1) is 18.1 Å². The Hall–Kier alpha value is -2.08. The van der Waals surface area contributed by atoms with Crippen molar-refractivity contribution in [1.82, 2.24) is 14.8 Å². The minimum atomic E-state index is -1.22. The average Bonchev–Trinajstić information content (AvgIpc) is 3.13. The number of ketones is 1. The maximum Gasteiger partial charge on any atom is 0.218 e. The number of carbonyl (C=O) groups excluding carboxylic acids is 1. The van der Waals surface area contributed by atoms with Gasteiger partial charge in [-0.25, -0.2) is 14.1 Å². The van der Waals surface area contributed by atoms with Crippen LogP contribution in [-0.2, 0) is 0 Å². The van der Waals surface area contributed by atoms with Crippen LogP contribution in [0, 0.1) is 5.41 Å². The van der Waals surface area contributed by atoms with Crippen molar-refractivity contribution in [2.45, 2.75) is 31.5 Å². The number of alkyl halides is 1. The molecule has 2 heterocycles. The quantitative estimate of drug-likeness (QED) is 0.879. The summed E-state index contributed by atoms with van der Waals surface area (Å²) in [5.74, 6) is -0.0216. The van der Waals surface area contributed by atoms with E-state index in [2.05, 4.69) is 10.1 Å². The van der Waals surface area contributed by atoms with Gasteiger partial charge in [0.25, 0.3) is 0 Å². The molecule has 1 fully saturated rings. The number of aromatic nitrogens is 3. The topological polar surface area (TPSA) is 68.0 Å². The van der Waals surface area contributed by atoms with Gasteiger partial charge in [0.15, 0.2) is 12.0 Å². The summed E-state index contributed by atoms with van der Waals surface area (Å²) in [5.41, 5.74) is 0.229. The number of aliphatic hydroxyl groups excluding tert-OH is 1. The van der Waals surface area contributed by atoms with Crippen LogP contribution >= 0.6 is 0 Å². The van der Waals surface area contributed by atoms with Gasteiger partial charge >= 0.3 is 0 Å². The molecule has 0 bridgehead atoms. The summed E-state index contributed by atoms with van der Waals surface area (Å²) >= 11 is 0. The summed E-state index contributed by atoms with van der Waals surface area (Å²) < 4.78 is 15.8. The Balaban J connectivity index is 1.71. The third-order valence-corrected chi connectivity index (χ3v) is 4.69. The first-order valence-corrected chi connectivity index (χ1v) is 7.46. The van der Waals surface area contributed by atoms with Crippen LogP contribution in [0.1, 0.15) is 53.5 Å². The van der Waals surface area contributed by atoms with Crippen LogP contribution in [0.4, 0.5) is 4.39 Å². The lowest BCUT2D eigenvalue weighted by Crippen LogP contribution is -2.22. The van der Waals surface area contributed by atoms with Crippen LogP contribution in [0.2, 0.25) is 0 Å². The maximum atomic E-state index is 14.2. The maximum absolute atomic E-state index is 14.2. The van der Waals surface area contributed by atoms with Gasteiger partial charge < -0.3 is 5.11 Å². The molecule has 22 heavy (non-hydrogen) atoms. The fourth-order valence-electron chi connectivity index (χ4n) is 3.07. The van der Waals surface area contributed by atoms with E-state index in [1.807, 2.05) is 30.3 Å². The van der Waals surface area contributed by atoms with E-state index in [1.54, 1.807) is 0 Å². The molecule has 2 aromatic rings. The first-order chi connectivity index (χ1) is 10.6. The van der Waals surface area contributed by atoms with Gasteiger partial charge in [-0.2, -0.15) is 0 Å². The van der Waals surface area contributed by atoms with Crippen LogP contribution in [0.3, 0.4) is 0 Å². The van der Waals surface area contributed by atoms with Gasteiger partial charge in [-0.15, -0.1) is 5.10 Å². The molecule has 0 radical (unpaired) electrons. The van der Waals surface area contributed by atoms with Gasteiger partial charge in [0.2, 0.25) is 11.6 Å². The lowest BCUT2D eigenvalue weighted by atomic mass is 10.0. The van der Waals surface area contributed by atoms with Crippen LogP contribution < -0.4 is 0 Å². The van der Waals surface area contributed by atoms with Crippen molar-refractivity contribution in [3.05, 3.63) is 47.5 Å². The van der Waals surface area contributed by atoms with Gasteiger partial charge in [0.1, 0.15) is 0 Å². The summed E-state index contributed by atoms with van der Waals surface area (Å²) in [7, 11) is 0. The molecule has 1 aromatic heterocycles. The molecule has 2 atom stereocenters. The Labute approximate surface area is 126 Å². The van der Waals surface area contributed by atoms with Crippen molar-refractivity contribution in [2.75, 3.05) is 6.61 Å². The zero-order valence-electron chi connectivity index (χ0n) is 11.9. The first-order valence-electron chi connectivity index (χ1n) is 7.46. The van der Waals surface area contributed by atoms with Crippen molar-refractivity contribution in [3.63, 3.8) is 0 Å². The molecule has 1 aromatic carbocycles. The van der Waals surface area contributed by atoms with E-state index in [1.165, 1.54) is 4.68 Å². The molecule has 1 aliphatic carbocycles. The van der Waals surface area contributed by atoms with Crippen LogP contribution in [0.15, 0.2) is 30.3 Å².